The molecule has 0 aromatic rings. The maximum Gasteiger partial charge on any atom is 0.0597 e. The van der Waals surface area contributed by atoms with Crippen molar-refractivity contribution in [1.29, 1.82) is 0 Å². The van der Waals surface area contributed by atoms with E-state index in [9.17, 15) is 5.11 Å². The van der Waals surface area contributed by atoms with Gasteiger partial charge >= 0.3 is 0 Å². The normalized spacial score (nSPS) is 13.7. The van der Waals surface area contributed by atoms with Crippen LogP contribution in [0.5, 0.6) is 0 Å². The van der Waals surface area contributed by atoms with E-state index in [-0.39, 0.29) is 12.6 Å². The maximum atomic E-state index is 9.26. The van der Waals surface area contributed by atoms with E-state index in [1.807, 2.05) is 0 Å². The lowest BCUT2D eigenvalue weighted by atomic mass is 10.0. The molecule has 0 fully saturated rings. The van der Waals surface area contributed by atoms with Crippen molar-refractivity contribution in [2.24, 2.45) is 5.92 Å². The van der Waals surface area contributed by atoms with Crippen LogP contribution in [0.4, 0.5) is 0 Å². The number of aliphatic hydroxyl groups excluding tert-OH is 1. The largest absolute Gasteiger partial charge is 0.395 e. The Bertz CT molecular complexity index is 149. The van der Waals surface area contributed by atoms with Crippen molar-refractivity contribution in [2.45, 2.75) is 46.6 Å². The third-order valence-corrected chi connectivity index (χ3v) is 3.31. The van der Waals surface area contributed by atoms with Gasteiger partial charge in [-0.1, -0.05) is 40.5 Å². The summed E-state index contributed by atoms with van der Waals surface area (Å²) in [6.07, 6.45) is 2.50. The second-order valence-electron chi connectivity index (χ2n) is 4.47. The van der Waals surface area contributed by atoms with Crippen molar-refractivity contribution in [3.63, 3.8) is 0 Å². The zero-order valence-electron chi connectivity index (χ0n) is 11.5. The topological polar surface area (TPSA) is 35.5 Å². The van der Waals surface area contributed by atoms with Crippen molar-refractivity contribution in [3.05, 3.63) is 0 Å². The van der Waals surface area contributed by atoms with Gasteiger partial charge in [-0.3, -0.25) is 0 Å². The molecule has 0 radical (unpaired) electrons. The first kappa shape index (κ1) is 15.9. The molecule has 3 heteroatoms. The van der Waals surface area contributed by atoms with Crippen LogP contribution in [-0.4, -0.2) is 48.8 Å². The number of aliphatic hydroxyl groups is 1. The Morgan fingerprint density at radius 2 is 1.69 bits per heavy atom. The van der Waals surface area contributed by atoms with E-state index in [2.05, 4.69) is 37.9 Å². The first-order valence-corrected chi connectivity index (χ1v) is 6.78. The summed E-state index contributed by atoms with van der Waals surface area (Å²) in [6.45, 7) is 13.1. The molecule has 0 amide bonds. The van der Waals surface area contributed by atoms with Gasteiger partial charge in [0.25, 0.3) is 0 Å². The molecule has 0 saturated heterocycles. The lowest BCUT2D eigenvalue weighted by Gasteiger charge is -2.28. The standard InChI is InChI=1S/C13H30N2O/c1-5-12(6-2)9-15(8-4)10-13(11-16)14-7-3/h12-14,16H,5-11H2,1-4H3. The van der Waals surface area contributed by atoms with Gasteiger partial charge in [0.1, 0.15) is 0 Å². The Hall–Kier alpha value is -0.120. The fourth-order valence-corrected chi connectivity index (χ4v) is 2.03. The molecule has 0 bridgehead atoms. The van der Waals surface area contributed by atoms with Gasteiger partial charge in [-0.15, -0.1) is 0 Å². The van der Waals surface area contributed by atoms with Gasteiger partial charge in [-0.25, -0.2) is 0 Å². The van der Waals surface area contributed by atoms with Crippen LogP contribution < -0.4 is 5.32 Å². The van der Waals surface area contributed by atoms with Crippen LogP contribution in [0, 0.1) is 5.92 Å². The molecule has 0 saturated carbocycles. The van der Waals surface area contributed by atoms with E-state index >= 15 is 0 Å². The number of nitrogens with one attached hydrogen (secondary N) is 1. The van der Waals surface area contributed by atoms with E-state index in [0.29, 0.717) is 0 Å². The molecular weight excluding hydrogens is 200 g/mol. The third-order valence-electron chi connectivity index (χ3n) is 3.31. The molecule has 1 unspecified atom stereocenters. The minimum atomic E-state index is 0.222. The maximum absolute atomic E-state index is 9.26. The number of hydrogen-bond donors (Lipinski definition) is 2. The molecule has 0 aliphatic rings. The molecule has 98 valence electrons. The summed E-state index contributed by atoms with van der Waals surface area (Å²) < 4.78 is 0. The SMILES string of the molecule is CCNC(CO)CN(CC)CC(CC)CC. The smallest absolute Gasteiger partial charge is 0.0597 e. The average molecular weight is 230 g/mol. The van der Waals surface area contributed by atoms with Gasteiger partial charge in [-0.2, -0.15) is 0 Å². The van der Waals surface area contributed by atoms with Gasteiger partial charge in [0.2, 0.25) is 0 Å². The van der Waals surface area contributed by atoms with Gasteiger partial charge in [0, 0.05) is 19.1 Å². The summed E-state index contributed by atoms with van der Waals surface area (Å²) >= 11 is 0. The lowest BCUT2D eigenvalue weighted by molar-refractivity contribution is 0.168. The Morgan fingerprint density at radius 1 is 1.06 bits per heavy atom. The highest BCUT2D eigenvalue weighted by atomic mass is 16.3. The van der Waals surface area contributed by atoms with E-state index in [0.717, 1.165) is 32.1 Å². The van der Waals surface area contributed by atoms with Gasteiger partial charge in [-0.05, 0) is 19.0 Å². The molecule has 0 aliphatic carbocycles. The van der Waals surface area contributed by atoms with Gasteiger partial charge in [0.15, 0.2) is 0 Å². The minimum absolute atomic E-state index is 0.222. The molecule has 1 atom stereocenters. The summed E-state index contributed by atoms with van der Waals surface area (Å²) in [5.74, 6) is 0.793. The molecule has 0 heterocycles. The molecule has 0 rings (SSSR count). The van der Waals surface area contributed by atoms with Gasteiger partial charge in [0.05, 0.1) is 6.61 Å². The van der Waals surface area contributed by atoms with Crippen molar-refractivity contribution in [1.82, 2.24) is 10.2 Å². The highest BCUT2D eigenvalue weighted by Crippen LogP contribution is 2.10. The number of likely N-dealkylation sites (N-methyl/N-ethyl adjacent to an activating group) is 2. The summed E-state index contributed by atoms with van der Waals surface area (Å²) in [7, 11) is 0. The molecule has 0 spiro atoms. The molecule has 0 aliphatic heterocycles. The van der Waals surface area contributed by atoms with E-state index < -0.39 is 0 Å². The number of hydrogen-bond acceptors (Lipinski definition) is 3. The molecule has 16 heavy (non-hydrogen) atoms. The third kappa shape index (κ3) is 6.46. The Labute approximate surface area is 101 Å². The fraction of sp³-hybridized carbons (Fsp3) is 1.00. The summed E-state index contributed by atoms with van der Waals surface area (Å²) in [6, 6.07) is 0.222. The lowest BCUT2D eigenvalue weighted by Crippen LogP contribution is -2.44. The second kappa shape index (κ2) is 10.1. The van der Waals surface area contributed by atoms with E-state index in [4.69, 9.17) is 0 Å². The Balaban J connectivity index is 4.05. The first-order valence-electron chi connectivity index (χ1n) is 6.78. The van der Waals surface area contributed by atoms with Crippen molar-refractivity contribution < 1.29 is 5.11 Å². The molecular formula is C13H30N2O. The average Bonchev–Trinajstić information content (AvgIpc) is 2.33. The monoisotopic (exact) mass is 230 g/mol. The van der Waals surface area contributed by atoms with Crippen LogP contribution >= 0.6 is 0 Å². The second-order valence-corrected chi connectivity index (χ2v) is 4.47. The Kier molecular flexibility index (Phi) is 9.99. The van der Waals surface area contributed by atoms with E-state index in [1.54, 1.807) is 0 Å². The molecule has 3 nitrogen and oxygen atoms in total. The predicted molar refractivity (Wildman–Crippen MR) is 70.7 cm³/mol. The van der Waals surface area contributed by atoms with Crippen LogP contribution in [0.25, 0.3) is 0 Å². The highest BCUT2D eigenvalue weighted by molar-refractivity contribution is 4.72. The van der Waals surface area contributed by atoms with Gasteiger partial charge < -0.3 is 15.3 Å². The van der Waals surface area contributed by atoms with Crippen LogP contribution in [0.15, 0.2) is 0 Å². The van der Waals surface area contributed by atoms with Crippen LogP contribution in [-0.2, 0) is 0 Å². The summed E-state index contributed by atoms with van der Waals surface area (Å²) in [5.41, 5.74) is 0. The van der Waals surface area contributed by atoms with Crippen molar-refractivity contribution in [3.8, 4) is 0 Å². The molecule has 2 N–H and O–H groups in total. The summed E-state index contributed by atoms with van der Waals surface area (Å²) in [4.78, 5) is 2.45. The van der Waals surface area contributed by atoms with E-state index in [1.165, 1.54) is 12.8 Å². The predicted octanol–water partition coefficient (Wildman–Crippen LogP) is 1.71. The zero-order valence-corrected chi connectivity index (χ0v) is 11.5. The number of nitrogens with zero attached hydrogens (tertiary/aromatic N) is 1. The van der Waals surface area contributed by atoms with Crippen LogP contribution in [0.1, 0.15) is 40.5 Å². The molecule has 0 aromatic heterocycles. The van der Waals surface area contributed by atoms with Crippen molar-refractivity contribution >= 4 is 0 Å². The van der Waals surface area contributed by atoms with Crippen LogP contribution in [0.2, 0.25) is 0 Å². The highest BCUT2D eigenvalue weighted by Gasteiger charge is 2.14. The zero-order chi connectivity index (χ0) is 12.4. The first-order chi connectivity index (χ1) is 7.71. The summed E-state index contributed by atoms with van der Waals surface area (Å²) in [5, 5.41) is 12.6. The quantitative estimate of drug-likeness (QED) is 0.600. The van der Waals surface area contributed by atoms with Crippen molar-refractivity contribution in [2.75, 3.05) is 32.8 Å². The minimum Gasteiger partial charge on any atom is -0.395 e. The Morgan fingerprint density at radius 3 is 2.06 bits per heavy atom. The number of rotatable bonds is 10. The van der Waals surface area contributed by atoms with Crippen LogP contribution in [0.3, 0.4) is 0 Å². The molecule has 0 aromatic carbocycles. The fourth-order valence-electron chi connectivity index (χ4n) is 2.03.